The highest BCUT2D eigenvalue weighted by Gasteiger charge is 2.34. The predicted octanol–water partition coefficient (Wildman–Crippen LogP) is 4.60. The fraction of sp³-hybridized carbons (Fsp3) is 0.355. The lowest BCUT2D eigenvalue weighted by atomic mass is 10.0. The number of nitrogens with one attached hydrogen (secondary N) is 1. The zero-order valence-corrected chi connectivity index (χ0v) is 23.7. The van der Waals surface area contributed by atoms with Crippen molar-refractivity contribution in [3.8, 4) is 0 Å². The summed E-state index contributed by atoms with van der Waals surface area (Å²) >= 11 is 0. The Balaban J connectivity index is 1.72. The van der Waals surface area contributed by atoms with Gasteiger partial charge < -0.3 is 10.2 Å². The topological polar surface area (TPSA) is 86.8 Å². The monoisotopic (exact) mass is 565 g/mol. The molecule has 40 heavy (non-hydrogen) atoms. The van der Waals surface area contributed by atoms with Crippen LogP contribution in [0.25, 0.3) is 0 Å². The van der Waals surface area contributed by atoms with Gasteiger partial charge in [-0.15, -0.1) is 0 Å². The Bertz CT molecular complexity index is 1410. The van der Waals surface area contributed by atoms with Gasteiger partial charge in [0.25, 0.3) is 0 Å². The lowest BCUT2D eigenvalue weighted by Gasteiger charge is -2.34. The van der Waals surface area contributed by atoms with Crippen LogP contribution in [0.2, 0.25) is 0 Å². The molecule has 0 heterocycles. The summed E-state index contributed by atoms with van der Waals surface area (Å²) in [6, 6.07) is 21.2. The van der Waals surface area contributed by atoms with E-state index in [9.17, 15) is 22.4 Å². The standard InChI is InChI=1S/C31H36FN3O4S/c1-23-10-6-7-13-25(23)21-34(30(36)22-35(40(2,38)39)28-18-16-26(32)17-19-28)29(20-24-11-4-3-5-12-24)31(37)33-27-14-8-9-15-27/h3-7,10-13,16-19,27,29H,8-9,14-15,20-22H2,1-2H3,(H,33,37)/t29-/m1/s1. The predicted molar refractivity (Wildman–Crippen MR) is 155 cm³/mol. The van der Waals surface area contributed by atoms with Crippen molar-refractivity contribution in [2.24, 2.45) is 0 Å². The van der Waals surface area contributed by atoms with E-state index in [1.807, 2.05) is 61.5 Å². The molecule has 3 aromatic rings. The molecular weight excluding hydrogens is 529 g/mol. The Morgan fingerprint density at radius 1 is 0.950 bits per heavy atom. The lowest BCUT2D eigenvalue weighted by Crippen LogP contribution is -2.54. The molecule has 0 bridgehead atoms. The number of rotatable bonds is 11. The molecule has 212 valence electrons. The highest BCUT2D eigenvalue weighted by Crippen LogP contribution is 2.23. The Morgan fingerprint density at radius 2 is 1.57 bits per heavy atom. The van der Waals surface area contributed by atoms with Crippen LogP contribution in [-0.2, 0) is 32.6 Å². The summed E-state index contributed by atoms with van der Waals surface area (Å²) in [6.45, 7) is 1.53. The molecule has 1 fully saturated rings. The molecule has 0 saturated heterocycles. The van der Waals surface area contributed by atoms with E-state index < -0.39 is 34.3 Å². The van der Waals surface area contributed by atoms with Gasteiger partial charge in [-0.05, 0) is 60.7 Å². The van der Waals surface area contributed by atoms with Gasteiger partial charge in [-0.3, -0.25) is 13.9 Å². The quantitative estimate of drug-likeness (QED) is 0.368. The summed E-state index contributed by atoms with van der Waals surface area (Å²) in [6.07, 6.45) is 5.14. The SMILES string of the molecule is Cc1ccccc1CN(C(=O)CN(c1ccc(F)cc1)S(C)(=O)=O)[C@H](Cc1ccccc1)C(=O)NC1CCCC1. The molecule has 1 saturated carbocycles. The average Bonchev–Trinajstić information content (AvgIpc) is 3.44. The second kappa shape index (κ2) is 13.1. The first kappa shape index (κ1) is 29.3. The number of anilines is 1. The van der Waals surface area contributed by atoms with Crippen LogP contribution in [0.1, 0.15) is 42.4 Å². The highest BCUT2D eigenvalue weighted by atomic mass is 32.2. The summed E-state index contributed by atoms with van der Waals surface area (Å²) in [5.74, 6) is -1.30. The lowest BCUT2D eigenvalue weighted by molar-refractivity contribution is -0.140. The summed E-state index contributed by atoms with van der Waals surface area (Å²) < 4.78 is 40.1. The van der Waals surface area contributed by atoms with Gasteiger partial charge in [0.15, 0.2) is 0 Å². The minimum atomic E-state index is -3.90. The molecule has 1 N–H and O–H groups in total. The second-order valence-electron chi connectivity index (χ2n) is 10.4. The molecule has 1 aliphatic carbocycles. The van der Waals surface area contributed by atoms with Crippen molar-refractivity contribution in [2.45, 2.75) is 57.7 Å². The Morgan fingerprint density at radius 3 is 2.20 bits per heavy atom. The van der Waals surface area contributed by atoms with Crippen molar-refractivity contribution >= 4 is 27.5 Å². The fourth-order valence-corrected chi connectivity index (χ4v) is 5.96. The first-order chi connectivity index (χ1) is 19.1. The van der Waals surface area contributed by atoms with E-state index in [0.717, 1.165) is 65.1 Å². The normalized spacial score (nSPS) is 14.5. The van der Waals surface area contributed by atoms with Crippen LogP contribution in [0.15, 0.2) is 78.9 Å². The van der Waals surface area contributed by atoms with Gasteiger partial charge in [0.1, 0.15) is 18.4 Å². The zero-order valence-electron chi connectivity index (χ0n) is 22.9. The molecule has 3 aromatic carbocycles. The largest absolute Gasteiger partial charge is 0.352 e. The number of amides is 2. The number of halogens is 1. The maximum Gasteiger partial charge on any atom is 0.244 e. The summed E-state index contributed by atoms with van der Waals surface area (Å²) in [7, 11) is -3.90. The van der Waals surface area contributed by atoms with Crippen molar-refractivity contribution in [1.29, 1.82) is 0 Å². The van der Waals surface area contributed by atoms with E-state index in [0.29, 0.717) is 0 Å². The van der Waals surface area contributed by atoms with Crippen molar-refractivity contribution in [1.82, 2.24) is 10.2 Å². The molecule has 7 nitrogen and oxygen atoms in total. The third-order valence-electron chi connectivity index (χ3n) is 7.37. The maximum atomic E-state index is 14.1. The third-order valence-corrected chi connectivity index (χ3v) is 8.51. The maximum absolute atomic E-state index is 14.1. The molecule has 9 heteroatoms. The van der Waals surface area contributed by atoms with Crippen LogP contribution < -0.4 is 9.62 Å². The molecule has 1 atom stereocenters. The number of hydrogen-bond donors (Lipinski definition) is 1. The molecule has 0 spiro atoms. The summed E-state index contributed by atoms with van der Waals surface area (Å²) in [5, 5.41) is 3.15. The Kier molecular flexibility index (Phi) is 9.58. The van der Waals surface area contributed by atoms with E-state index in [1.165, 1.54) is 17.0 Å². The van der Waals surface area contributed by atoms with Crippen LogP contribution in [0.5, 0.6) is 0 Å². The van der Waals surface area contributed by atoms with Gasteiger partial charge in [-0.2, -0.15) is 0 Å². The molecule has 0 unspecified atom stereocenters. The first-order valence-electron chi connectivity index (χ1n) is 13.5. The Hall–Kier alpha value is -3.72. The summed E-state index contributed by atoms with van der Waals surface area (Å²) in [4.78, 5) is 29.4. The van der Waals surface area contributed by atoms with Crippen molar-refractivity contribution in [2.75, 3.05) is 17.1 Å². The van der Waals surface area contributed by atoms with Crippen LogP contribution in [0.4, 0.5) is 10.1 Å². The van der Waals surface area contributed by atoms with Gasteiger partial charge in [0.05, 0.1) is 11.9 Å². The number of aryl methyl sites for hydroxylation is 1. The van der Waals surface area contributed by atoms with Crippen LogP contribution >= 0.6 is 0 Å². The molecule has 1 aliphatic rings. The number of carbonyl (C=O) groups excluding carboxylic acids is 2. The Labute approximate surface area is 236 Å². The molecule has 2 amide bonds. The zero-order chi connectivity index (χ0) is 28.7. The molecule has 4 rings (SSSR count). The minimum absolute atomic E-state index is 0.0490. The van der Waals surface area contributed by atoms with Gasteiger partial charge in [-0.25, -0.2) is 12.8 Å². The average molecular weight is 566 g/mol. The fourth-order valence-electron chi connectivity index (χ4n) is 5.11. The van der Waals surface area contributed by atoms with Crippen molar-refractivity contribution in [3.05, 3.63) is 101 Å². The van der Waals surface area contributed by atoms with E-state index in [2.05, 4.69) is 5.32 Å². The van der Waals surface area contributed by atoms with Crippen LogP contribution in [0.3, 0.4) is 0 Å². The van der Waals surface area contributed by atoms with Gasteiger partial charge >= 0.3 is 0 Å². The third kappa shape index (κ3) is 7.69. The van der Waals surface area contributed by atoms with E-state index in [-0.39, 0.29) is 30.6 Å². The second-order valence-corrected chi connectivity index (χ2v) is 12.3. The molecular formula is C31H36FN3O4S. The van der Waals surface area contributed by atoms with Crippen molar-refractivity contribution in [3.63, 3.8) is 0 Å². The summed E-state index contributed by atoms with van der Waals surface area (Å²) in [5.41, 5.74) is 2.86. The van der Waals surface area contributed by atoms with Crippen LogP contribution in [-0.4, -0.2) is 50.0 Å². The number of hydrogen-bond acceptors (Lipinski definition) is 4. The van der Waals surface area contributed by atoms with E-state index >= 15 is 0 Å². The number of carbonyl (C=O) groups is 2. The molecule has 0 radical (unpaired) electrons. The van der Waals surface area contributed by atoms with E-state index in [1.54, 1.807) is 0 Å². The number of nitrogens with zero attached hydrogens (tertiary/aromatic N) is 2. The van der Waals surface area contributed by atoms with Crippen molar-refractivity contribution < 1.29 is 22.4 Å². The van der Waals surface area contributed by atoms with Gasteiger partial charge in [0, 0.05) is 19.0 Å². The van der Waals surface area contributed by atoms with Gasteiger partial charge in [-0.1, -0.05) is 67.4 Å². The van der Waals surface area contributed by atoms with E-state index in [4.69, 9.17) is 0 Å². The highest BCUT2D eigenvalue weighted by molar-refractivity contribution is 7.92. The van der Waals surface area contributed by atoms with Crippen LogP contribution in [0, 0.1) is 12.7 Å². The molecule has 0 aromatic heterocycles. The van der Waals surface area contributed by atoms with Gasteiger partial charge in [0.2, 0.25) is 21.8 Å². The first-order valence-corrected chi connectivity index (χ1v) is 15.4. The molecule has 0 aliphatic heterocycles. The number of sulfonamides is 1. The smallest absolute Gasteiger partial charge is 0.244 e. The minimum Gasteiger partial charge on any atom is -0.352 e. The number of benzene rings is 3.